The molecule has 1 aromatic heterocycles. The number of carbonyl (C=O) groups is 2. The first-order valence-electron chi connectivity index (χ1n) is 11.4. The van der Waals surface area contributed by atoms with Gasteiger partial charge in [0.15, 0.2) is 0 Å². The van der Waals surface area contributed by atoms with Crippen LogP contribution in [0.25, 0.3) is 0 Å². The topological polar surface area (TPSA) is 63.9 Å². The molecule has 0 saturated carbocycles. The molecule has 33 heavy (non-hydrogen) atoms. The van der Waals surface area contributed by atoms with E-state index in [1.54, 1.807) is 4.90 Å². The van der Waals surface area contributed by atoms with Gasteiger partial charge in [-0.2, -0.15) is 4.99 Å². The highest BCUT2D eigenvalue weighted by atomic mass is 16.5. The van der Waals surface area contributed by atoms with Gasteiger partial charge in [-0.05, 0) is 42.7 Å². The van der Waals surface area contributed by atoms with E-state index in [0.717, 1.165) is 24.2 Å². The lowest BCUT2D eigenvalue weighted by atomic mass is 9.97. The standard InChI is InChI=1S/C27H29N3O3/c31-26(16-19-33-24-13-5-2-6-14-24)30-18-9-12-23(21-30)27(32)28-25-15-7-8-17-29(25)20-22-10-3-1-4-11-22/h1-8,10-11,13-15,17,23H,9,12,16,18-21H2. The Balaban J connectivity index is 1.37. The van der Waals surface area contributed by atoms with Gasteiger partial charge in [0, 0.05) is 25.8 Å². The number of para-hydroxylation sites is 1. The summed E-state index contributed by atoms with van der Waals surface area (Å²) < 4.78 is 7.62. The molecule has 0 radical (unpaired) electrons. The van der Waals surface area contributed by atoms with Crippen molar-refractivity contribution >= 4 is 11.8 Å². The Morgan fingerprint density at radius 1 is 0.939 bits per heavy atom. The predicted molar refractivity (Wildman–Crippen MR) is 126 cm³/mol. The average Bonchev–Trinajstić information content (AvgIpc) is 2.86. The highest BCUT2D eigenvalue weighted by Gasteiger charge is 2.28. The second-order valence-corrected chi connectivity index (χ2v) is 8.21. The van der Waals surface area contributed by atoms with Crippen LogP contribution in [-0.4, -0.2) is 41.0 Å². The molecule has 1 fully saturated rings. The largest absolute Gasteiger partial charge is 0.493 e. The number of amides is 2. The molecule has 1 aliphatic heterocycles. The number of hydrogen-bond donors (Lipinski definition) is 0. The number of ether oxygens (including phenoxy) is 1. The van der Waals surface area contributed by atoms with Gasteiger partial charge in [-0.15, -0.1) is 0 Å². The van der Waals surface area contributed by atoms with Crippen molar-refractivity contribution < 1.29 is 14.3 Å². The zero-order chi connectivity index (χ0) is 22.9. The Hall–Kier alpha value is -3.67. The third-order valence-electron chi connectivity index (χ3n) is 5.79. The van der Waals surface area contributed by atoms with E-state index in [1.165, 1.54) is 0 Å². The summed E-state index contributed by atoms with van der Waals surface area (Å²) in [7, 11) is 0. The molecular weight excluding hydrogens is 414 g/mol. The number of likely N-dealkylation sites (tertiary alicyclic amines) is 1. The normalized spacial score (nSPS) is 16.4. The summed E-state index contributed by atoms with van der Waals surface area (Å²) in [4.78, 5) is 31.9. The Bertz CT molecular complexity index is 1130. The number of rotatable bonds is 7. The van der Waals surface area contributed by atoms with E-state index in [2.05, 4.69) is 17.1 Å². The first kappa shape index (κ1) is 22.5. The maximum atomic E-state index is 13.0. The van der Waals surface area contributed by atoms with Crippen LogP contribution in [0.1, 0.15) is 24.8 Å². The Morgan fingerprint density at radius 2 is 1.67 bits per heavy atom. The lowest BCUT2D eigenvalue weighted by Crippen LogP contribution is -2.42. The van der Waals surface area contributed by atoms with E-state index < -0.39 is 0 Å². The predicted octanol–water partition coefficient (Wildman–Crippen LogP) is 3.67. The van der Waals surface area contributed by atoms with Crippen LogP contribution in [0.15, 0.2) is 90.1 Å². The van der Waals surface area contributed by atoms with Crippen molar-refractivity contribution in [2.45, 2.75) is 25.8 Å². The van der Waals surface area contributed by atoms with Gasteiger partial charge in [-0.3, -0.25) is 9.59 Å². The molecule has 2 heterocycles. The van der Waals surface area contributed by atoms with Crippen LogP contribution in [0, 0.1) is 5.92 Å². The minimum absolute atomic E-state index is 0.0160. The molecule has 0 aliphatic carbocycles. The first-order valence-corrected chi connectivity index (χ1v) is 11.4. The lowest BCUT2D eigenvalue weighted by molar-refractivity contribution is -0.135. The molecule has 1 unspecified atom stereocenters. The molecule has 3 aromatic rings. The second kappa shape index (κ2) is 11.3. The number of hydrogen-bond acceptors (Lipinski definition) is 3. The summed E-state index contributed by atoms with van der Waals surface area (Å²) in [6, 6.07) is 25.2. The molecule has 4 rings (SSSR count). The van der Waals surface area contributed by atoms with Crippen molar-refractivity contribution in [2.75, 3.05) is 19.7 Å². The SMILES string of the molecule is O=C(N=c1ccccn1Cc1ccccc1)C1CCCN(C(=O)CCOc2ccccc2)C1. The summed E-state index contributed by atoms with van der Waals surface area (Å²) in [5, 5.41) is 0. The summed E-state index contributed by atoms with van der Waals surface area (Å²) in [5.74, 6) is 0.328. The first-order chi connectivity index (χ1) is 16.2. The molecule has 0 bridgehead atoms. The maximum Gasteiger partial charge on any atom is 0.252 e. The Morgan fingerprint density at radius 3 is 2.45 bits per heavy atom. The number of benzene rings is 2. The fraction of sp³-hybridized carbons (Fsp3) is 0.296. The smallest absolute Gasteiger partial charge is 0.252 e. The van der Waals surface area contributed by atoms with Gasteiger partial charge < -0.3 is 14.2 Å². The van der Waals surface area contributed by atoms with Gasteiger partial charge in [-0.25, -0.2) is 0 Å². The molecule has 0 spiro atoms. The van der Waals surface area contributed by atoms with Gasteiger partial charge in [0.05, 0.1) is 18.9 Å². The molecule has 1 atom stereocenters. The third kappa shape index (κ3) is 6.42. The van der Waals surface area contributed by atoms with Crippen molar-refractivity contribution in [3.63, 3.8) is 0 Å². The van der Waals surface area contributed by atoms with Crippen molar-refractivity contribution in [1.29, 1.82) is 0 Å². The molecule has 0 N–H and O–H groups in total. The van der Waals surface area contributed by atoms with Gasteiger partial charge in [0.2, 0.25) is 5.91 Å². The fourth-order valence-corrected chi connectivity index (χ4v) is 4.02. The fourth-order valence-electron chi connectivity index (χ4n) is 4.02. The summed E-state index contributed by atoms with van der Waals surface area (Å²) in [6.07, 6.45) is 3.78. The van der Waals surface area contributed by atoms with Crippen LogP contribution in [0.2, 0.25) is 0 Å². The number of nitrogens with zero attached hydrogens (tertiary/aromatic N) is 3. The Labute approximate surface area is 194 Å². The molecule has 2 aromatic carbocycles. The van der Waals surface area contributed by atoms with Crippen LogP contribution >= 0.6 is 0 Å². The highest BCUT2D eigenvalue weighted by molar-refractivity contribution is 5.82. The zero-order valence-corrected chi connectivity index (χ0v) is 18.7. The van der Waals surface area contributed by atoms with E-state index in [1.807, 2.05) is 77.5 Å². The average molecular weight is 444 g/mol. The van der Waals surface area contributed by atoms with Gasteiger partial charge in [-0.1, -0.05) is 54.6 Å². The van der Waals surface area contributed by atoms with E-state index in [-0.39, 0.29) is 17.7 Å². The van der Waals surface area contributed by atoms with Crippen molar-refractivity contribution in [1.82, 2.24) is 9.47 Å². The molecule has 6 nitrogen and oxygen atoms in total. The Kier molecular flexibility index (Phi) is 7.69. The molecule has 1 aliphatic rings. The van der Waals surface area contributed by atoms with Gasteiger partial charge >= 0.3 is 0 Å². The number of carbonyl (C=O) groups excluding carboxylic acids is 2. The van der Waals surface area contributed by atoms with Crippen molar-refractivity contribution in [3.8, 4) is 5.75 Å². The number of pyridine rings is 1. The summed E-state index contributed by atoms with van der Waals surface area (Å²) in [6.45, 7) is 2.06. The molecule has 1 saturated heterocycles. The second-order valence-electron chi connectivity index (χ2n) is 8.21. The third-order valence-corrected chi connectivity index (χ3v) is 5.79. The van der Waals surface area contributed by atoms with Gasteiger partial charge in [0.1, 0.15) is 11.2 Å². The highest BCUT2D eigenvalue weighted by Crippen LogP contribution is 2.19. The molecule has 6 heteroatoms. The molecular formula is C27H29N3O3. The number of aromatic nitrogens is 1. The summed E-state index contributed by atoms with van der Waals surface area (Å²) >= 11 is 0. The van der Waals surface area contributed by atoms with Crippen LogP contribution in [0.4, 0.5) is 0 Å². The minimum atomic E-state index is -0.275. The number of piperidine rings is 1. The van der Waals surface area contributed by atoms with Gasteiger partial charge in [0.25, 0.3) is 5.91 Å². The van der Waals surface area contributed by atoms with Crippen LogP contribution < -0.4 is 10.2 Å². The van der Waals surface area contributed by atoms with E-state index in [4.69, 9.17) is 4.74 Å². The monoisotopic (exact) mass is 443 g/mol. The lowest BCUT2D eigenvalue weighted by Gasteiger charge is -2.31. The quantitative estimate of drug-likeness (QED) is 0.560. The van der Waals surface area contributed by atoms with Crippen molar-refractivity contribution in [3.05, 3.63) is 96.1 Å². The van der Waals surface area contributed by atoms with Crippen LogP contribution in [0.3, 0.4) is 0 Å². The van der Waals surface area contributed by atoms with E-state index >= 15 is 0 Å². The summed E-state index contributed by atoms with van der Waals surface area (Å²) in [5.41, 5.74) is 1.77. The molecule has 2 amide bonds. The van der Waals surface area contributed by atoms with Crippen LogP contribution in [-0.2, 0) is 16.1 Å². The van der Waals surface area contributed by atoms with E-state index in [0.29, 0.717) is 38.1 Å². The van der Waals surface area contributed by atoms with Crippen LogP contribution in [0.5, 0.6) is 5.75 Å². The molecule has 170 valence electrons. The van der Waals surface area contributed by atoms with E-state index in [9.17, 15) is 9.59 Å². The van der Waals surface area contributed by atoms with Crippen molar-refractivity contribution in [2.24, 2.45) is 10.9 Å². The zero-order valence-electron chi connectivity index (χ0n) is 18.7. The maximum absolute atomic E-state index is 13.0. The minimum Gasteiger partial charge on any atom is -0.493 e.